The lowest BCUT2D eigenvalue weighted by molar-refractivity contribution is 0.0947. The molecule has 2 aromatic heterocycles. The number of carbonyl (C=O) groups is 1. The maximum Gasteiger partial charge on any atom is 0.257 e. The highest BCUT2D eigenvalue weighted by Gasteiger charge is 2.23. The summed E-state index contributed by atoms with van der Waals surface area (Å²) < 4.78 is 37.4. The predicted octanol–water partition coefficient (Wildman–Crippen LogP) is 3.76. The third-order valence-electron chi connectivity index (χ3n) is 3.50. The molecule has 3 rings (SSSR count). The van der Waals surface area contributed by atoms with Crippen LogP contribution in [0.4, 0.5) is 8.78 Å². The Morgan fingerprint density at radius 3 is 2.67 bits per heavy atom. The fourth-order valence-corrected chi connectivity index (χ4v) is 2.34. The number of hydrogen-bond donors (Lipinski definition) is 1. The molecule has 0 aliphatic carbocycles. The zero-order valence-electron chi connectivity index (χ0n) is 13.0. The first-order chi connectivity index (χ1) is 11.5. The number of carbonyl (C=O) groups excluding carboxylic acids is 1. The van der Waals surface area contributed by atoms with Crippen LogP contribution in [0.5, 0.6) is 0 Å². The summed E-state index contributed by atoms with van der Waals surface area (Å²) in [5.41, 5.74) is 0.120. The fourth-order valence-electron chi connectivity index (χ4n) is 2.34. The lowest BCUT2D eigenvalue weighted by Gasteiger charge is -2.05. The van der Waals surface area contributed by atoms with Crippen molar-refractivity contribution in [3.8, 4) is 11.3 Å². The van der Waals surface area contributed by atoms with E-state index in [2.05, 4.69) is 10.5 Å². The highest BCUT2D eigenvalue weighted by Crippen LogP contribution is 2.28. The first kappa shape index (κ1) is 15.9. The van der Waals surface area contributed by atoms with Crippen LogP contribution in [0, 0.1) is 25.5 Å². The second-order valence-corrected chi connectivity index (χ2v) is 5.28. The molecule has 7 heteroatoms. The molecule has 0 saturated heterocycles. The van der Waals surface area contributed by atoms with Gasteiger partial charge < -0.3 is 14.3 Å². The van der Waals surface area contributed by atoms with Crippen molar-refractivity contribution >= 4 is 5.91 Å². The SMILES string of the molecule is Cc1ccc(CNC(=O)c2c(-c3ccc(F)cc3F)noc2C)o1. The monoisotopic (exact) mass is 332 g/mol. The largest absolute Gasteiger partial charge is 0.465 e. The van der Waals surface area contributed by atoms with Gasteiger partial charge in [-0.05, 0) is 38.1 Å². The molecule has 0 bridgehead atoms. The minimum Gasteiger partial charge on any atom is -0.465 e. The molecule has 2 heterocycles. The van der Waals surface area contributed by atoms with Crippen LogP contribution in [-0.4, -0.2) is 11.1 Å². The smallest absolute Gasteiger partial charge is 0.257 e. The fraction of sp³-hybridized carbons (Fsp3) is 0.176. The molecule has 1 amide bonds. The summed E-state index contributed by atoms with van der Waals surface area (Å²) in [6.07, 6.45) is 0. The van der Waals surface area contributed by atoms with Gasteiger partial charge in [-0.3, -0.25) is 4.79 Å². The van der Waals surface area contributed by atoms with Crippen molar-refractivity contribution < 1.29 is 22.5 Å². The lowest BCUT2D eigenvalue weighted by Crippen LogP contribution is -2.23. The number of halogens is 2. The van der Waals surface area contributed by atoms with Gasteiger partial charge in [-0.15, -0.1) is 0 Å². The summed E-state index contributed by atoms with van der Waals surface area (Å²) in [6, 6.07) is 6.57. The molecule has 0 saturated carbocycles. The van der Waals surface area contributed by atoms with Crippen LogP contribution in [0.3, 0.4) is 0 Å². The number of rotatable bonds is 4. The van der Waals surface area contributed by atoms with Crippen LogP contribution in [0.25, 0.3) is 11.3 Å². The summed E-state index contributed by atoms with van der Waals surface area (Å²) in [4.78, 5) is 12.4. The standard InChI is InChI=1S/C17H14F2N2O3/c1-9-3-5-12(23-9)8-20-17(22)15-10(2)24-21-16(15)13-6-4-11(18)7-14(13)19/h3-7H,8H2,1-2H3,(H,20,22). The van der Waals surface area contributed by atoms with Crippen molar-refractivity contribution in [1.82, 2.24) is 10.5 Å². The number of furan rings is 1. The molecule has 0 radical (unpaired) electrons. The van der Waals surface area contributed by atoms with Crippen LogP contribution >= 0.6 is 0 Å². The van der Waals surface area contributed by atoms with Gasteiger partial charge >= 0.3 is 0 Å². The second-order valence-electron chi connectivity index (χ2n) is 5.28. The predicted molar refractivity (Wildman–Crippen MR) is 81.2 cm³/mol. The van der Waals surface area contributed by atoms with E-state index in [9.17, 15) is 13.6 Å². The van der Waals surface area contributed by atoms with Crippen LogP contribution in [0.15, 0.2) is 39.3 Å². The van der Waals surface area contributed by atoms with Gasteiger partial charge in [-0.1, -0.05) is 5.16 Å². The van der Waals surface area contributed by atoms with E-state index < -0.39 is 17.5 Å². The molecular formula is C17H14F2N2O3. The maximum atomic E-state index is 14.0. The van der Waals surface area contributed by atoms with Crippen molar-refractivity contribution in [2.45, 2.75) is 20.4 Å². The van der Waals surface area contributed by atoms with Gasteiger partial charge in [0.05, 0.1) is 6.54 Å². The summed E-state index contributed by atoms with van der Waals surface area (Å²) in [5.74, 6) is -0.461. The first-order valence-corrected chi connectivity index (χ1v) is 7.21. The molecule has 0 unspecified atom stereocenters. The number of aromatic nitrogens is 1. The Hall–Kier alpha value is -2.96. The van der Waals surface area contributed by atoms with E-state index in [1.807, 2.05) is 0 Å². The van der Waals surface area contributed by atoms with E-state index in [-0.39, 0.29) is 29.1 Å². The van der Waals surface area contributed by atoms with Crippen molar-refractivity contribution in [3.63, 3.8) is 0 Å². The quantitative estimate of drug-likeness (QED) is 0.790. The Morgan fingerprint density at radius 1 is 1.21 bits per heavy atom. The van der Waals surface area contributed by atoms with Crippen LogP contribution in [0.1, 0.15) is 27.6 Å². The van der Waals surface area contributed by atoms with Crippen LogP contribution < -0.4 is 5.32 Å². The van der Waals surface area contributed by atoms with E-state index >= 15 is 0 Å². The molecule has 0 fully saturated rings. The molecular weight excluding hydrogens is 318 g/mol. The molecule has 0 atom stereocenters. The average molecular weight is 332 g/mol. The van der Waals surface area contributed by atoms with Gasteiger partial charge in [0.15, 0.2) is 0 Å². The molecule has 24 heavy (non-hydrogen) atoms. The molecule has 0 aliphatic heterocycles. The summed E-state index contributed by atoms with van der Waals surface area (Å²) >= 11 is 0. The van der Waals surface area contributed by atoms with Crippen LogP contribution in [0.2, 0.25) is 0 Å². The highest BCUT2D eigenvalue weighted by molar-refractivity contribution is 6.00. The van der Waals surface area contributed by atoms with Gasteiger partial charge in [0, 0.05) is 11.6 Å². The number of nitrogens with one attached hydrogen (secondary N) is 1. The summed E-state index contributed by atoms with van der Waals surface area (Å²) in [6.45, 7) is 3.51. The Balaban J connectivity index is 1.88. The van der Waals surface area contributed by atoms with E-state index in [1.54, 1.807) is 26.0 Å². The lowest BCUT2D eigenvalue weighted by atomic mass is 10.0. The minimum absolute atomic E-state index is 0.00718. The topological polar surface area (TPSA) is 68.3 Å². The third kappa shape index (κ3) is 3.05. The summed E-state index contributed by atoms with van der Waals surface area (Å²) in [5, 5.41) is 6.40. The van der Waals surface area contributed by atoms with Crippen molar-refractivity contribution in [3.05, 3.63) is 64.8 Å². The Labute approximate surface area is 136 Å². The van der Waals surface area contributed by atoms with Gasteiger partial charge in [0.2, 0.25) is 0 Å². The Kier molecular flexibility index (Phi) is 4.16. The van der Waals surface area contributed by atoms with Crippen molar-refractivity contribution in [1.29, 1.82) is 0 Å². The molecule has 124 valence electrons. The van der Waals surface area contributed by atoms with E-state index in [0.29, 0.717) is 5.76 Å². The zero-order chi connectivity index (χ0) is 17.3. The van der Waals surface area contributed by atoms with E-state index in [1.165, 1.54) is 6.07 Å². The van der Waals surface area contributed by atoms with Gasteiger partial charge in [0.25, 0.3) is 5.91 Å². The van der Waals surface area contributed by atoms with Gasteiger partial charge in [-0.2, -0.15) is 0 Å². The molecule has 1 N–H and O–H groups in total. The number of nitrogens with zero attached hydrogens (tertiary/aromatic N) is 1. The third-order valence-corrected chi connectivity index (χ3v) is 3.50. The normalized spacial score (nSPS) is 10.8. The van der Waals surface area contributed by atoms with Crippen LogP contribution in [-0.2, 0) is 6.54 Å². The first-order valence-electron chi connectivity index (χ1n) is 7.21. The Bertz CT molecular complexity index is 899. The number of amides is 1. The van der Waals surface area contributed by atoms with E-state index in [4.69, 9.17) is 8.94 Å². The van der Waals surface area contributed by atoms with E-state index in [0.717, 1.165) is 17.9 Å². The molecule has 1 aromatic carbocycles. The number of aryl methyl sites for hydroxylation is 2. The summed E-state index contributed by atoms with van der Waals surface area (Å²) in [7, 11) is 0. The molecule has 0 aliphatic rings. The van der Waals surface area contributed by atoms with Gasteiger partial charge in [-0.25, -0.2) is 8.78 Å². The molecule has 3 aromatic rings. The van der Waals surface area contributed by atoms with Crippen molar-refractivity contribution in [2.24, 2.45) is 0 Å². The van der Waals surface area contributed by atoms with Gasteiger partial charge in [0.1, 0.15) is 40.2 Å². The number of benzene rings is 1. The average Bonchev–Trinajstić information content (AvgIpc) is 3.11. The zero-order valence-corrected chi connectivity index (χ0v) is 13.0. The maximum absolute atomic E-state index is 14.0. The molecule has 0 spiro atoms. The molecule has 5 nitrogen and oxygen atoms in total. The number of hydrogen-bond acceptors (Lipinski definition) is 4. The second kappa shape index (κ2) is 6.27. The Morgan fingerprint density at radius 2 is 2.00 bits per heavy atom. The van der Waals surface area contributed by atoms with Crippen molar-refractivity contribution in [2.75, 3.05) is 0 Å². The minimum atomic E-state index is -0.820. The highest BCUT2D eigenvalue weighted by atomic mass is 19.1.